The molecule has 0 fully saturated rings. The van der Waals surface area contributed by atoms with E-state index in [1.165, 1.54) is 4.90 Å². The Morgan fingerprint density at radius 3 is 1.94 bits per heavy atom. The van der Waals surface area contributed by atoms with Crippen LogP contribution in [0.15, 0.2) is 18.2 Å². The molecule has 1 aromatic rings. The zero-order valence-corrected chi connectivity index (χ0v) is 12.0. The number of carbonyl (C=O) groups excluding carboxylic acids is 1. The fourth-order valence-electron chi connectivity index (χ4n) is 1.38. The molecule has 94 valence electrons. The van der Waals surface area contributed by atoms with E-state index in [9.17, 15) is 4.79 Å². The molecular formula is C11H11Cl4NO. The maximum absolute atomic E-state index is 12.2. The van der Waals surface area contributed by atoms with E-state index >= 15 is 0 Å². The second-order valence-electron chi connectivity index (χ2n) is 3.27. The summed E-state index contributed by atoms with van der Waals surface area (Å²) in [5.74, 6) is 0.428. The topological polar surface area (TPSA) is 20.3 Å². The molecule has 0 radical (unpaired) electrons. The SMILES string of the molecule is O=C(c1c(Cl)cccc1Cl)N(CCCl)CCCl. The maximum atomic E-state index is 12.2. The van der Waals surface area contributed by atoms with E-state index in [1.54, 1.807) is 18.2 Å². The monoisotopic (exact) mass is 313 g/mol. The Labute approximate surface area is 120 Å². The van der Waals surface area contributed by atoms with Crippen molar-refractivity contribution in [2.45, 2.75) is 0 Å². The average Bonchev–Trinajstić information content (AvgIpc) is 2.28. The normalized spacial score (nSPS) is 10.4. The smallest absolute Gasteiger partial charge is 0.256 e. The number of rotatable bonds is 5. The van der Waals surface area contributed by atoms with Crippen molar-refractivity contribution in [3.8, 4) is 0 Å². The molecule has 0 heterocycles. The number of benzene rings is 1. The van der Waals surface area contributed by atoms with Crippen molar-refractivity contribution in [2.75, 3.05) is 24.8 Å². The summed E-state index contributed by atoms with van der Waals surface area (Å²) >= 11 is 23.2. The van der Waals surface area contributed by atoms with E-state index in [-0.39, 0.29) is 5.91 Å². The molecule has 0 N–H and O–H groups in total. The Balaban J connectivity index is 3.00. The van der Waals surface area contributed by atoms with Gasteiger partial charge < -0.3 is 4.90 Å². The van der Waals surface area contributed by atoms with Crippen molar-refractivity contribution in [3.63, 3.8) is 0 Å². The van der Waals surface area contributed by atoms with Crippen molar-refractivity contribution in [1.82, 2.24) is 4.90 Å². The molecule has 0 aliphatic rings. The summed E-state index contributed by atoms with van der Waals surface area (Å²) in [6, 6.07) is 4.94. The number of hydrogen-bond acceptors (Lipinski definition) is 1. The van der Waals surface area contributed by atoms with Gasteiger partial charge in [0.25, 0.3) is 5.91 Å². The Morgan fingerprint density at radius 2 is 1.53 bits per heavy atom. The van der Waals surface area contributed by atoms with Crippen LogP contribution in [0.4, 0.5) is 0 Å². The first kappa shape index (κ1) is 14.9. The minimum Gasteiger partial charge on any atom is -0.336 e. The Bertz CT molecular complexity index is 371. The van der Waals surface area contributed by atoms with Gasteiger partial charge in [-0.15, -0.1) is 23.2 Å². The van der Waals surface area contributed by atoms with Crippen molar-refractivity contribution in [2.24, 2.45) is 0 Å². The number of amides is 1. The molecule has 0 atom stereocenters. The summed E-state index contributed by atoms with van der Waals surface area (Å²) in [5, 5.41) is 0.660. The van der Waals surface area contributed by atoms with Crippen LogP contribution >= 0.6 is 46.4 Å². The van der Waals surface area contributed by atoms with Crippen molar-refractivity contribution >= 4 is 52.3 Å². The fourth-order valence-corrected chi connectivity index (χ4v) is 2.35. The standard InChI is InChI=1S/C11H11Cl4NO/c12-4-6-16(7-5-13)11(17)10-8(14)2-1-3-9(10)15/h1-3H,4-7H2. The highest BCUT2D eigenvalue weighted by Gasteiger charge is 2.20. The van der Waals surface area contributed by atoms with E-state index in [0.717, 1.165) is 0 Å². The lowest BCUT2D eigenvalue weighted by Gasteiger charge is -2.21. The Hall–Kier alpha value is -0.150. The van der Waals surface area contributed by atoms with Crippen molar-refractivity contribution < 1.29 is 4.79 Å². The molecule has 0 aliphatic carbocycles. The van der Waals surface area contributed by atoms with E-state index in [4.69, 9.17) is 46.4 Å². The summed E-state index contributed by atoms with van der Waals surface area (Å²) in [5.41, 5.74) is 0.297. The predicted octanol–water partition coefficient (Wildman–Crippen LogP) is 3.91. The van der Waals surface area contributed by atoms with Crippen LogP contribution in [0.25, 0.3) is 0 Å². The predicted molar refractivity (Wildman–Crippen MR) is 73.8 cm³/mol. The maximum Gasteiger partial charge on any atom is 0.256 e. The van der Waals surface area contributed by atoms with Gasteiger partial charge in [0.2, 0.25) is 0 Å². The quantitative estimate of drug-likeness (QED) is 0.754. The average molecular weight is 315 g/mol. The Kier molecular flexibility index (Phi) is 6.42. The first-order chi connectivity index (χ1) is 8.11. The molecule has 1 rings (SSSR count). The molecule has 1 aromatic carbocycles. The van der Waals surface area contributed by atoms with Crippen LogP contribution in [0, 0.1) is 0 Å². The summed E-state index contributed by atoms with van der Waals surface area (Å²) in [7, 11) is 0. The molecule has 0 spiro atoms. The van der Waals surface area contributed by atoms with Crippen LogP contribution in [0.5, 0.6) is 0 Å². The molecule has 0 unspecified atom stereocenters. The molecule has 0 aliphatic heterocycles. The zero-order chi connectivity index (χ0) is 12.8. The highest BCUT2D eigenvalue weighted by atomic mass is 35.5. The lowest BCUT2D eigenvalue weighted by molar-refractivity contribution is 0.0775. The molecule has 0 saturated carbocycles. The summed E-state index contributed by atoms with van der Waals surface area (Å²) in [6.45, 7) is 0.823. The van der Waals surface area contributed by atoms with Gasteiger partial charge in [-0.2, -0.15) is 0 Å². The van der Waals surface area contributed by atoms with Crippen LogP contribution < -0.4 is 0 Å². The summed E-state index contributed by atoms with van der Waals surface area (Å²) in [6.07, 6.45) is 0. The minimum atomic E-state index is -0.248. The number of hydrogen-bond donors (Lipinski definition) is 0. The van der Waals surface area contributed by atoms with Gasteiger partial charge in [0.05, 0.1) is 15.6 Å². The van der Waals surface area contributed by atoms with Gasteiger partial charge >= 0.3 is 0 Å². The van der Waals surface area contributed by atoms with Gasteiger partial charge in [-0.25, -0.2) is 0 Å². The minimum absolute atomic E-state index is 0.248. The van der Waals surface area contributed by atoms with E-state index in [2.05, 4.69) is 0 Å². The first-order valence-corrected chi connectivity index (χ1v) is 6.79. The number of halogens is 4. The summed E-state index contributed by atoms with van der Waals surface area (Å²) in [4.78, 5) is 13.7. The van der Waals surface area contributed by atoms with E-state index < -0.39 is 0 Å². The van der Waals surface area contributed by atoms with Gasteiger partial charge in [-0.3, -0.25) is 4.79 Å². The lowest BCUT2D eigenvalue weighted by Crippen LogP contribution is -2.34. The zero-order valence-electron chi connectivity index (χ0n) is 8.93. The van der Waals surface area contributed by atoms with Crippen LogP contribution in [0.3, 0.4) is 0 Å². The van der Waals surface area contributed by atoms with Gasteiger partial charge in [-0.05, 0) is 12.1 Å². The van der Waals surface area contributed by atoms with E-state index in [1.807, 2.05) is 0 Å². The number of carbonyl (C=O) groups is 1. The van der Waals surface area contributed by atoms with Gasteiger partial charge in [0.1, 0.15) is 0 Å². The van der Waals surface area contributed by atoms with Crippen molar-refractivity contribution in [1.29, 1.82) is 0 Å². The molecule has 1 amide bonds. The van der Waals surface area contributed by atoms with Crippen LogP contribution in [0.1, 0.15) is 10.4 Å². The van der Waals surface area contributed by atoms with Crippen molar-refractivity contribution in [3.05, 3.63) is 33.8 Å². The van der Waals surface area contributed by atoms with Crippen LogP contribution in [-0.2, 0) is 0 Å². The lowest BCUT2D eigenvalue weighted by atomic mass is 10.2. The fraction of sp³-hybridized carbons (Fsp3) is 0.364. The van der Waals surface area contributed by atoms with Gasteiger partial charge in [0, 0.05) is 24.8 Å². The molecule has 0 saturated heterocycles. The molecular weight excluding hydrogens is 304 g/mol. The first-order valence-electron chi connectivity index (χ1n) is 4.97. The largest absolute Gasteiger partial charge is 0.336 e. The molecule has 0 bridgehead atoms. The Morgan fingerprint density at radius 1 is 1.06 bits per heavy atom. The molecule has 0 aromatic heterocycles. The van der Waals surface area contributed by atoms with Gasteiger partial charge in [-0.1, -0.05) is 29.3 Å². The molecule has 2 nitrogen and oxygen atoms in total. The number of alkyl halides is 2. The van der Waals surface area contributed by atoms with Crippen LogP contribution in [0.2, 0.25) is 10.0 Å². The van der Waals surface area contributed by atoms with Gasteiger partial charge in [0.15, 0.2) is 0 Å². The summed E-state index contributed by atoms with van der Waals surface area (Å²) < 4.78 is 0. The second kappa shape index (κ2) is 7.32. The number of nitrogens with zero attached hydrogens (tertiary/aromatic N) is 1. The molecule has 17 heavy (non-hydrogen) atoms. The third-order valence-corrected chi connectivity index (χ3v) is 3.14. The third kappa shape index (κ3) is 3.92. The van der Waals surface area contributed by atoms with Crippen LogP contribution in [-0.4, -0.2) is 35.7 Å². The third-order valence-electron chi connectivity index (χ3n) is 2.17. The molecule has 6 heteroatoms. The van der Waals surface area contributed by atoms with E-state index in [0.29, 0.717) is 40.5 Å². The highest BCUT2D eigenvalue weighted by Crippen LogP contribution is 2.25. The highest BCUT2D eigenvalue weighted by molar-refractivity contribution is 6.39. The second-order valence-corrected chi connectivity index (χ2v) is 4.84.